The molecule has 3 unspecified atom stereocenters. The molecule has 0 bridgehead atoms. The maximum Gasteiger partial charge on any atom is 0.480 e. The van der Waals surface area contributed by atoms with Crippen LogP contribution in [0.1, 0.15) is 18.1 Å². The van der Waals surface area contributed by atoms with E-state index in [-0.39, 0.29) is 6.17 Å². The van der Waals surface area contributed by atoms with Crippen LogP contribution < -0.4 is 10.2 Å². The average Bonchev–Trinajstić information content (AvgIpc) is 3.35. The van der Waals surface area contributed by atoms with Gasteiger partial charge >= 0.3 is 23.3 Å². The molecule has 0 aliphatic carbocycles. The number of hydrogen-bond acceptors (Lipinski definition) is 12. The van der Waals surface area contributed by atoms with Crippen molar-refractivity contribution in [1.82, 2.24) is 24.6 Å². The molecule has 1 aromatic rings. The van der Waals surface area contributed by atoms with Crippen molar-refractivity contribution in [2.24, 2.45) is 4.99 Å². The van der Waals surface area contributed by atoms with E-state index >= 15 is 0 Å². The first-order chi connectivity index (χ1) is 15.3. The molecule has 7 atom stereocenters. The Morgan fingerprint density at radius 2 is 1.91 bits per heavy atom. The number of phosphoric ester groups is 1. The lowest BCUT2D eigenvalue weighted by molar-refractivity contribution is -0.0511. The van der Waals surface area contributed by atoms with Gasteiger partial charge in [-0.1, -0.05) is 0 Å². The molecule has 3 aliphatic heterocycles. The van der Waals surface area contributed by atoms with Crippen molar-refractivity contribution in [2.45, 2.75) is 30.7 Å². The summed E-state index contributed by atoms with van der Waals surface area (Å²) < 4.78 is 49.4. The summed E-state index contributed by atoms with van der Waals surface area (Å²) in [4.78, 5) is 47.2. The summed E-state index contributed by atoms with van der Waals surface area (Å²) in [5.41, 5.74) is 0.511. The maximum absolute atomic E-state index is 11.9. The highest BCUT2D eigenvalue weighted by molar-refractivity contribution is 7.70. The van der Waals surface area contributed by atoms with Gasteiger partial charge < -0.3 is 44.7 Å². The lowest BCUT2D eigenvalue weighted by atomic mass is 10.1. The third kappa shape index (κ3) is 5.28. The summed E-state index contributed by atoms with van der Waals surface area (Å²) in [6.07, 6.45) is 0.149. The van der Waals surface area contributed by atoms with Crippen molar-refractivity contribution >= 4 is 35.5 Å². The number of imidazole rings is 1. The van der Waals surface area contributed by atoms with Gasteiger partial charge in [0.15, 0.2) is 18.2 Å². The van der Waals surface area contributed by atoms with Gasteiger partial charge in [-0.05, 0) is 0 Å². The fourth-order valence-electron chi connectivity index (χ4n) is 3.33. The summed E-state index contributed by atoms with van der Waals surface area (Å²) in [5, 5.41) is 23.7. The molecule has 1 aromatic heterocycles. The molecule has 4 rings (SSSR count). The number of ether oxygens (including phenoxy) is 1. The molecule has 21 heteroatoms. The number of aliphatic hydroxyl groups is 2. The van der Waals surface area contributed by atoms with E-state index in [9.17, 15) is 33.7 Å². The van der Waals surface area contributed by atoms with Crippen molar-refractivity contribution in [1.29, 1.82) is 0 Å². The first kappa shape index (κ1) is 24.6. The minimum Gasteiger partial charge on any atom is -0.387 e. The van der Waals surface area contributed by atoms with Crippen LogP contribution in [0.3, 0.4) is 0 Å². The molecule has 33 heavy (non-hydrogen) atoms. The van der Waals surface area contributed by atoms with Gasteiger partial charge in [-0.2, -0.15) is 4.31 Å². The van der Waals surface area contributed by atoms with Gasteiger partial charge in [0, 0.05) is 12.4 Å². The maximum atomic E-state index is 11.9. The van der Waals surface area contributed by atoms with Gasteiger partial charge in [-0.15, -0.1) is 4.86 Å². The molecule has 1 saturated heterocycles. The molecule has 1 fully saturated rings. The third-order valence-electron chi connectivity index (χ3n) is 4.65. The number of phosphoric acid groups is 1. The molecule has 0 amide bonds. The molecule has 0 aromatic carbocycles. The Hall–Kier alpha value is -1.49. The molecular weight excluding hydrogens is 513 g/mol. The Morgan fingerprint density at radius 1 is 1.18 bits per heavy atom. The standard InChI is InChI=1S/C12H19N6O12P3/c19-8-6(3-28-33(26,27)30-32(24,25)16-31(21,22)23)29-12(9(8)20)18-5-14-7-10-13-1-2-17(10)4-15-11(7)18/h1-2,4-6,8-10,12-13,19-20H,3H2,(H,26,27)(H4,16,21,22,23,24,25)/t6-,8-,9-,10?,12-/m1/s1. The van der Waals surface area contributed by atoms with E-state index in [2.05, 4.69) is 24.1 Å². The minimum atomic E-state index is -5.45. The van der Waals surface area contributed by atoms with Crippen molar-refractivity contribution in [2.75, 3.05) is 6.61 Å². The molecule has 18 nitrogen and oxygen atoms in total. The Bertz CT molecular complexity index is 1120. The van der Waals surface area contributed by atoms with Crippen LogP contribution >= 0.6 is 23.3 Å². The smallest absolute Gasteiger partial charge is 0.387 e. The van der Waals surface area contributed by atoms with Gasteiger partial charge in [0.1, 0.15) is 24.0 Å². The molecule has 4 heterocycles. The largest absolute Gasteiger partial charge is 0.480 e. The number of aliphatic hydroxyl groups excluding tert-OH is 2. The average molecular weight is 532 g/mol. The second kappa shape index (κ2) is 8.62. The molecule has 8 N–H and O–H groups in total. The van der Waals surface area contributed by atoms with E-state index in [4.69, 9.17) is 14.5 Å². The lowest BCUT2D eigenvalue weighted by Crippen LogP contribution is -2.33. The zero-order valence-corrected chi connectivity index (χ0v) is 18.8. The Labute approximate surface area is 184 Å². The zero-order chi connectivity index (χ0) is 24.2. The number of aromatic nitrogens is 2. The van der Waals surface area contributed by atoms with Crippen LogP contribution in [0.25, 0.3) is 0 Å². The second-order valence-electron chi connectivity index (χ2n) is 6.99. The second-order valence-corrected chi connectivity index (χ2v) is 11.8. The van der Waals surface area contributed by atoms with E-state index in [1.165, 1.54) is 17.2 Å². The van der Waals surface area contributed by atoms with Crippen LogP contribution in [0.15, 0.2) is 23.7 Å². The number of nitrogens with zero attached hydrogens (tertiary/aromatic N) is 4. The number of aliphatic imine (C=N–C) groups is 1. The van der Waals surface area contributed by atoms with E-state index in [0.717, 1.165) is 4.86 Å². The Kier molecular flexibility index (Phi) is 6.44. The quantitative estimate of drug-likeness (QED) is 0.177. The topological polar surface area (TPSA) is 258 Å². The number of rotatable bonds is 8. The monoisotopic (exact) mass is 532 g/mol. The van der Waals surface area contributed by atoms with E-state index in [0.29, 0.717) is 11.5 Å². The first-order valence-corrected chi connectivity index (χ1v) is 13.6. The summed E-state index contributed by atoms with van der Waals surface area (Å²) in [5.74, 6) is 0.325. The van der Waals surface area contributed by atoms with Gasteiger partial charge in [0.05, 0.1) is 19.3 Å². The predicted octanol–water partition coefficient (Wildman–Crippen LogP) is -1.53. The zero-order valence-electron chi connectivity index (χ0n) is 16.2. The van der Waals surface area contributed by atoms with E-state index in [1.54, 1.807) is 17.3 Å². The molecule has 0 radical (unpaired) electrons. The first-order valence-electron chi connectivity index (χ1n) is 8.95. The minimum absolute atomic E-state index is 0.324. The van der Waals surface area contributed by atoms with Gasteiger partial charge in [0.2, 0.25) is 0 Å². The highest BCUT2D eigenvalue weighted by Crippen LogP contribution is 2.61. The van der Waals surface area contributed by atoms with Gasteiger partial charge in [0.25, 0.3) is 0 Å². The number of fused-ring (bicyclic) bond motifs is 3. The summed E-state index contributed by atoms with van der Waals surface area (Å²) in [7, 11) is -16.1. The van der Waals surface area contributed by atoms with Gasteiger partial charge in [-0.25, -0.2) is 23.7 Å². The van der Waals surface area contributed by atoms with E-state index < -0.39 is 54.5 Å². The third-order valence-corrected chi connectivity index (χ3v) is 8.89. The van der Waals surface area contributed by atoms with Crippen molar-refractivity contribution in [3.05, 3.63) is 24.4 Å². The SMILES string of the molecule is O=P(O)(O)NP(=O)(O)OP(=O)(O)OC[C@H]1O[C@@H](n2cnc3c2N=CN2C=CNC32)[C@H](O)[C@@H]1O. The summed E-state index contributed by atoms with van der Waals surface area (Å²) in [6.45, 7) is -0.902. The van der Waals surface area contributed by atoms with Crippen LogP contribution in [-0.2, 0) is 27.3 Å². The van der Waals surface area contributed by atoms with Crippen molar-refractivity contribution in [3.8, 4) is 0 Å². The molecular formula is C12H19N6O12P3. The van der Waals surface area contributed by atoms with Crippen LogP contribution in [-0.4, -0.2) is 75.5 Å². The fraction of sp³-hybridized carbons (Fsp3) is 0.500. The molecule has 0 spiro atoms. The van der Waals surface area contributed by atoms with Gasteiger partial charge in [-0.3, -0.25) is 9.09 Å². The highest BCUT2D eigenvalue weighted by Gasteiger charge is 2.47. The number of nitrogens with one attached hydrogen (secondary N) is 2. The predicted molar refractivity (Wildman–Crippen MR) is 105 cm³/mol. The van der Waals surface area contributed by atoms with Crippen molar-refractivity contribution < 1.29 is 57.1 Å². The summed E-state index contributed by atoms with van der Waals surface area (Å²) in [6, 6.07) is 0. The molecule has 184 valence electrons. The van der Waals surface area contributed by atoms with Crippen LogP contribution in [0.4, 0.5) is 5.82 Å². The normalized spacial score (nSPS) is 32.2. The summed E-state index contributed by atoms with van der Waals surface area (Å²) >= 11 is 0. The highest BCUT2D eigenvalue weighted by atomic mass is 31.3. The fourth-order valence-corrected chi connectivity index (χ4v) is 6.77. The van der Waals surface area contributed by atoms with Crippen LogP contribution in [0.2, 0.25) is 0 Å². The molecule has 0 saturated carbocycles. The Morgan fingerprint density at radius 3 is 2.61 bits per heavy atom. The Balaban J connectivity index is 1.42. The number of hydrogen-bond donors (Lipinski definition) is 8. The van der Waals surface area contributed by atoms with E-state index in [1.807, 2.05) is 0 Å². The molecule has 3 aliphatic rings. The van der Waals surface area contributed by atoms with Crippen LogP contribution in [0.5, 0.6) is 0 Å². The lowest BCUT2D eigenvalue weighted by Gasteiger charge is -2.25. The van der Waals surface area contributed by atoms with Crippen molar-refractivity contribution in [3.63, 3.8) is 0 Å². The van der Waals surface area contributed by atoms with Crippen LogP contribution in [0, 0.1) is 0 Å².